The van der Waals surface area contributed by atoms with Crippen LogP contribution in [0.15, 0.2) is 33.7 Å². The Hall–Kier alpha value is -0.480. The van der Waals surface area contributed by atoms with Crippen LogP contribution in [0.3, 0.4) is 0 Å². The summed E-state index contributed by atoms with van der Waals surface area (Å²) in [7, 11) is 0. The van der Waals surface area contributed by atoms with Crippen LogP contribution in [0, 0.1) is 5.92 Å². The van der Waals surface area contributed by atoms with Crippen LogP contribution in [0.2, 0.25) is 0 Å². The summed E-state index contributed by atoms with van der Waals surface area (Å²) < 4.78 is 1.10. The molecule has 1 N–H and O–H groups in total. The standard InChI is InChI=1S/C15H19BrN2S/c1-11-5-7-15(8-6-11)10-19-14(18-15)17-13-4-2-3-12(16)9-13/h2-4,9,11H,5-8,10H2,1H3,(H,17,18). The SMILES string of the molecule is CC1CCC2(CC1)CSC(Nc1cccc(Br)c1)=N2. The Bertz CT molecular complexity index is 493. The first-order valence-electron chi connectivity index (χ1n) is 6.90. The van der Waals surface area contributed by atoms with Crippen LogP contribution in [-0.4, -0.2) is 16.5 Å². The largest absolute Gasteiger partial charge is 0.335 e. The minimum absolute atomic E-state index is 0.228. The first-order chi connectivity index (χ1) is 9.15. The lowest BCUT2D eigenvalue weighted by Gasteiger charge is -2.32. The Balaban J connectivity index is 1.70. The van der Waals surface area contributed by atoms with Crippen LogP contribution in [-0.2, 0) is 0 Å². The Morgan fingerprint density at radius 2 is 2.16 bits per heavy atom. The van der Waals surface area contributed by atoms with E-state index in [0.29, 0.717) is 0 Å². The van der Waals surface area contributed by atoms with Crippen LogP contribution < -0.4 is 5.32 Å². The number of hydrogen-bond donors (Lipinski definition) is 1. The average Bonchev–Trinajstić information content (AvgIpc) is 2.77. The van der Waals surface area contributed by atoms with Gasteiger partial charge < -0.3 is 5.32 Å². The normalized spacial score (nSPS) is 30.4. The van der Waals surface area contributed by atoms with E-state index < -0.39 is 0 Å². The van der Waals surface area contributed by atoms with E-state index in [2.05, 4.69) is 40.3 Å². The van der Waals surface area contributed by atoms with Gasteiger partial charge in [0.1, 0.15) is 0 Å². The fourth-order valence-electron chi connectivity index (χ4n) is 2.79. The highest BCUT2D eigenvalue weighted by atomic mass is 79.9. The number of rotatable bonds is 1. The highest BCUT2D eigenvalue weighted by Crippen LogP contribution is 2.41. The molecule has 1 spiro atoms. The summed E-state index contributed by atoms with van der Waals surface area (Å²) in [4.78, 5) is 4.99. The lowest BCUT2D eigenvalue weighted by Crippen LogP contribution is -2.32. The van der Waals surface area contributed by atoms with Gasteiger partial charge in [0.05, 0.1) is 5.54 Å². The van der Waals surface area contributed by atoms with Crippen molar-refractivity contribution in [2.24, 2.45) is 10.9 Å². The molecule has 19 heavy (non-hydrogen) atoms. The first kappa shape index (κ1) is 13.5. The van der Waals surface area contributed by atoms with Gasteiger partial charge in [-0.25, -0.2) is 0 Å². The van der Waals surface area contributed by atoms with Gasteiger partial charge >= 0.3 is 0 Å². The second-order valence-electron chi connectivity index (χ2n) is 5.75. The molecule has 0 amide bonds. The molecule has 1 aliphatic heterocycles. The molecule has 1 heterocycles. The minimum Gasteiger partial charge on any atom is -0.335 e. The van der Waals surface area contributed by atoms with Crippen LogP contribution >= 0.6 is 27.7 Å². The number of aliphatic imine (C=N–C) groups is 1. The highest BCUT2D eigenvalue weighted by Gasteiger charge is 2.38. The molecule has 102 valence electrons. The summed E-state index contributed by atoms with van der Waals surface area (Å²) in [5.74, 6) is 2.03. The fraction of sp³-hybridized carbons (Fsp3) is 0.533. The van der Waals surface area contributed by atoms with Gasteiger partial charge in [0.25, 0.3) is 0 Å². The monoisotopic (exact) mass is 338 g/mol. The van der Waals surface area contributed by atoms with Crippen molar-refractivity contribution >= 4 is 38.5 Å². The molecular formula is C15H19BrN2S. The number of amidine groups is 1. The van der Waals surface area contributed by atoms with Crippen molar-refractivity contribution in [3.05, 3.63) is 28.7 Å². The topological polar surface area (TPSA) is 24.4 Å². The molecule has 0 atom stereocenters. The Morgan fingerprint density at radius 1 is 1.37 bits per heavy atom. The summed E-state index contributed by atoms with van der Waals surface area (Å²) >= 11 is 5.37. The zero-order valence-corrected chi connectivity index (χ0v) is 13.6. The molecular weight excluding hydrogens is 320 g/mol. The van der Waals surface area contributed by atoms with E-state index in [1.165, 1.54) is 25.7 Å². The zero-order valence-electron chi connectivity index (χ0n) is 11.2. The number of nitrogens with one attached hydrogen (secondary N) is 1. The van der Waals surface area contributed by atoms with Gasteiger partial charge in [-0.05, 0) is 49.8 Å². The van der Waals surface area contributed by atoms with Crippen molar-refractivity contribution in [3.63, 3.8) is 0 Å². The molecule has 3 rings (SSSR count). The third kappa shape index (κ3) is 3.16. The Kier molecular flexibility index (Phi) is 3.90. The van der Waals surface area contributed by atoms with Crippen molar-refractivity contribution in [1.29, 1.82) is 0 Å². The summed E-state index contributed by atoms with van der Waals surface area (Å²) in [5.41, 5.74) is 1.34. The average molecular weight is 339 g/mol. The Labute approximate surface area is 127 Å². The smallest absolute Gasteiger partial charge is 0.161 e. The molecule has 1 aromatic carbocycles. The van der Waals surface area contributed by atoms with E-state index in [-0.39, 0.29) is 5.54 Å². The van der Waals surface area contributed by atoms with Crippen molar-refractivity contribution in [1.82, 2.24) is 0 Å². The van der Waals surface area contributed by atoms with Crippen molar-refractivity contribution in [2.45, 2.75) is 38.1 Å². The van der Waals surface area contributed by atoms with E-state index >= 15 is 0 Å². The maximum atomic E-state index is 4.99. The molecule has 0 bridgehead atoms. The van der Waals surface area contributed by atoms with E-state index in [9.17, 15) is 0 Å². The molecule has 1 saturated carbocycles. The summed E-state index contributed by atoms with van der Waals surface area (Å²) in [6.07, 6.45) is 5.16. The first-order valence-corrected chi connectivity index (χ1v) is 8.68. The molecule has 1 aromatic rings. The summed E-state index contributed by atoms with van der Waals surface area (Å²) in [6, 6.07) is 8.27. The lowest BCUT2D eigenvalue weighted by molar-refractivity contribution is 0.273. The van der Waals surface area contributed by atoms with Crippen molar-refractivity contribution in [2.75, 3.05) is 11.1 Å². The summed E-state index contributed by atoms with van der Waals surface area (Å²) in [5, 5.41) is 4.54. The number of thioether (sulfide) groups is 1. The van der Waals surface area contributed by atoms with Gasteiger partial charge in [-0.15, -0.1) is 0 Å². The molecule has 0 unspecified atom stereocenters. The second-order valence-corrected chi connectivity index (χ2v) is 7.63. The second kappa shape index (κ2) is 5.49. The van der Waals surface area contributed by atoms with Gasteiger partial charge in [-0.1, -0.05) is 40.7 Å². The molecule has 1 fully saturated rings. The zero-order chi connectivity index (χ0) is 13.3. The van der Waals surface area contributed by atoms with Gasteiger partial charge in [0.2, 0.25) is 0 Å². The van der Waals surface area contributed by atoms with E-state index in [1.54, 1.807) is 0 Å². The Morgan fingerprint density at radius 3 is 2.89 bits per heavy atom. The lowest BCUT2D eigenvalue weighted by atomic mass is 9.79. The fourth-order valence-corrected chi connectivity index (χ4v) is 4.40. The third-order valence-corrected chi connectivity index (χ3v) is 5.74. The third-order valence-electron chi connectivity index (χ3n) is 4.10. The van der Waals surface area contributed by atoms with Gasteiger partial charge in [-0.3, -0.25) is 4.99 Å². The molecule has 0 saturated heterocycles. The van der Waals surface area contributed by atoms with Crippen molar-refractivity contribution < 1.29 is 0 Å². The van der Waals surface area contributed by atoms with Crippen molar-refractivity contribution in [3.8, 4) is 0 Å². The van der Waals surface area contributed by atoms with E-state index in [4.69, 9.17) is 4.99 Å². The van der Waals surface area contributed by atoms with Crippen LogP contribution in [0.25, 0.3) is 0 Å². The predicted molar refractivity (Wildman–Crippen MR) is 88.0 cm³/mol. The van der Waals surface area contributed by atoms with E-state index in [0.717, 1.165) is 27.0 Å². The van der Waals surface area contributed by atoms with Gasteiger partial charge in [0.15, 0.2) is 5.17 Å². The number of anilines is 1. The van der Waals surface area contributed by atoms with E-state index in [1.807, 2.05) is 23.9 Å². The highest BCUT2D eigenvalue weighted by molar-refractivity contribution is 9.10. The van der Waals surface area contributed by atoms with Crippen LogP contribution in [0.1, 0.15) is 32.6 Å². The number of halogens is 1. The molecule has 0 radical (unpaired) electrons. The summed E-state index contributed by atoms with van der Waals surface area (Å²) in [6.45, 7) is 2.36. The maximum absolute atomic E-state index is 4.99. The molecule has 1 aliphatic carbocycles. The number of nitrogens with zero attached hydrogens (tertiary/aromatic N) is 1. The van der Waals surface area contributed by atoms with Crippen LogP contribution in [0.4, 0.5) is 5.69 Å². The number of benzene rings is 1. The van der Waals surface area contributed by atoms with Gasteiger partial charge in [-0.2, -0.15) is 0 Å². The maximum Gasteiger partial charge on any atom is 0.161 e. The molecule has 2 nitrogen and oxygen atoms in total. The molecule has 2 aliphatic rings. The minimum atomic E-state index is 0.228. The quantitative estimate of drug-likeness (QED) is 0.786. The van der Waals surface area contributed by atoms with Crippen LogP contribution in [0.5, 0.6) is 0 Å². The molecule has 4 heteroatoms. The molecule has 0 aromatic heterocycles. The number of hydrogen-bond acceptors (Lipinski definition) is 3. The van der Waals surface area contributed by atoms with Gasteiger partial charge in [0, 0.05) is 15.9 Å². The predicted octanol–water partition coefficient (Wildman–Crippen LogP) is 4.91.